The third-order valence-electron chi connectivity index (χ3n) is 4.08. The van der Waals surface area contributed by atoms with Crippen LogP contribution in [0.2, 0.25) is 0 Å². The van der Waals surface area contributed by atoms with Gasteiger partial charge in [0, 0.05) is 25.0 Å². The molecule has 0 aliphatic rings. The molecule has 0 radical (unpaired) electrons. The molecule has 5 heteroatoms. The van der Waals surface area contributed by atoms with Crippen molar-refractivity contribution in [3.8, 4) is 0 Å². The number of amides is 1. The van der Waals surface area contributed by atoms with E-state index in [-0.39, 0.29) is 5.91 Å². The Morgan fingerprint density at radius 3 is 2.46 bits per heavy atom. The maximum atomic E-state index is 12.8. The van der Waals surface area contributed by atoms with E-state index in [2.05, 4.69) is 46.5 Å². The van der Waals surface area contributed by atoms with Gasteiger partial charge in [0.25, 0.3) is 5.91 Å². The molecule has 0 bridgehead atoms. The van der Waals surface area contributed by atoms with Crippen molar-refractivity contribution in [3.63, 3.8) is 0 Å². The van der Waals surface area contributed by atoms with Crippen LogP contribution in [0, 0.1) is 6.92 Å². The summed E-state index contributed by atoms with van der Waals surface area (Å²) in [5, 5.41) is 3.18. The summed E-state index contributed by atoms with van der Waals surface area (Å²) >= 11 is 0. The lowest BCUT2D eigenvalue weighted by Crippen LogP contribution is -2.31. The summed E-state index contributed by atoms with van der Waals surface area (Å²) in [6, 6.07) is 19.5. The zero-order valence-electron chi connectivity index (χ0n) is 15.0. The summed E-state index contributed by atoms with van der Waals surface area (Å²) in [7, 11) is 0. The number of aryl methyl sites for hydroxylation is 1. The highest BCUT2D eigenvalue weighted by molar-refractivity contribution is 6.04. The van der Waals surface area contributed by atoms with Crippen molar-refractivity contribution in [1.29, 1.82) is 0 Å². The van der Waals surface area contributed by atoms with Gasteiger partial charge in [0.05, 0.1) is 0 Å². The third-order valence-corrected chi connectivity index (χ3v) is 4.08. The number of hydrogen-bond donors (Lipinski definition) is 1. The SMILES string of the molecule is CCN(C(=O)c1ccnc(NCc2ccc(C)cc2)n1)c1ccccc1. The Morgan fingerprint density at radius 2 is 1.77 bits per heavy atom. The average Bonchev–Trinajstić information content (AvgIpc) is 2.69. The molecule has 1 heterocycles. The smallest absolute Gasteiger partial charge is 0.277 e. The van der Waals surface area contributed by atoms with E-state index in [4.69, 9.17) is 0 Å². The molecule has 0 aliphatic carbocycles. The van der Waals surface area contributed by atoms with Crippen molar-refractivity contribution in [2.75, 3.05) is 16.8 Å². The molecule has 0 unspecified atom stereocenters. The Labute approximate surface area is 153 Å². The van der Waals surface area contributed by atoms with E-state index in [1.165, 1.54) is 5.56 Å². The average molecular weight is 346 g/mol. The molecule has 26 heavy (non-hydrogen) atoms. The van der Waals surface area contributed by atoms with E-state index >= 15 is 0 Å². The number of carbonyl (C=O) groups excluding carboxylic acids is 1. The van der Waals surface area contributed by atoms with Gasteiger partial charge in [-0.2, -0.15) is 0 Å². The van der Waals surface area contributed by atoms with Gasteiger partial charge in [-0.05, 0) is 37.6 Å². The second-order valence-electron chi connectivity index (χ2n) is 5.99. The van der Waals surface area contributed by atoms with E-state index in [1.807, 2.05) is 37.3 Å². The molecule has 0 fully saturated rings. The quantitative estimate of drug-likeness (QED) is 0.731. The van der Waals surface area contributed by atoms with Crippen molar-refractivity contribution in [3.05, 3.63) is 83.7 Å². The molecule has 0 saturated heterocycles. The van der Waals surface area contributed by atoms with Crippen molar-refractivity contribution in [2.45, 2.75) is 20.4 Å². The van der Waals surface area contributed by atoms with Crippen LogP contribution in [0.4, 0.5) is 11.6 Å². The fourth-order valence-corrected chi connectivity index (χ4v) is 2.64. The van der Waals surface area contributed by atoms with Crippen molar-refractivity contribution < 1.29 is 4.79 Å². The minimum Gasteiger partial charge on any atom is -0.350 e. The first kappa shape index (κ1) is 17.6. The lowest BCUT2D eigenvalue weighted by atomic mass is 10.1. The Hall–Kier alpha value is -3.21. The number of nitrogens with zero attached hydrogens (tertiary/aromatic N) is 3. The summed E-state index contributed by atoms with van der Waals surface area (Å²) in [6.45, 7) is 5.18. The van der Waals surface area contributed by atoms with Crippen molar-refractivity contribution in [2.24, 2.45) is 0 Å². The Morgan fingerprint density at radius 1 is 1.04 bits per heavy atom. The van der Waals surface area contributed by atoms with E-state index in [0.717, 1.165) is 11.3 Å². The number of benzene rings is 2. The summed E-state index contributed by atoms with van der Waals surface area (Å²) in [5.41, 5.74) is 3.58. The summed E-state index contributed by atoms with van der Waals surface area (Å²) in [5.74, 6) is 0.306. The van der Waals surface area contributed by atoms with E-state index in [9.17, 15) is 4.79 Å². The first-order chi connectivity index (χ1) is 12.7. The van der Waals surface area contributed by atoms with Crippen LogP contribution in [0.25, 0.3) is 0 Å². The van der Waals surface area contributed by atoms with Gasteiger partial charge >= 0.3 is 0 Å². The largest absolute Gasteiger partial charge is 0.350 e. The summed E-state index contributed by atoms with van der Waals surface area (Å²) in [4.78, 5) is 23.2. The van der Waals surface area contributed by atoms with Gasteiger partial charge in [0.2, 0.25) is 5.95 Å². The van der Waals surface area contributed by atoms with Crippen LogP contribution in [0.5, 0.6) is 0 Å². The molecule has 3 rings (SSSR count). The number of nitrogens with one attached hydrogen (secondary N) is 1. The number of para-hydroxylation sites is 1. The van der Waals surface area contributed by atoms with Gasteiger partial charge in [0.1, 0.15) is 5.69 Å². The number of carbonyl (C=O) groups is 1. The molecule has 1 N–H and O–H groups in total. The zero-order valence-corrected chi connectivity index (χ0v) is 15.0. The topological polar surface area (TPSA) is 58.1 Å². The fourth-order valence-electron chi connectivity index (χ4n) is 2.64. The minimum absolute atomic E-state index is 0.139. The van der Waals surface area contributed by atoms with Gasteiger partial charge in [0.15, 0.2) is 0 Å². The zero-order chi connectivity index (χ0) is 18.4. The third kappa shape index (κ3) is 4.25. The second-order valence-corrected chi connectivity index (χ2v) is 5.99. The van der Waals surface area contributed by atoms with E-state index < -0.39 is 0 Å². The van der Waals surface area contributed by atoms with Crippen LogP contribution in [0.3, 0.4) is 0 Å². The normalized spacial score (nSPS) is 10.4. The lowest BCUT2D eigenvalue weighted by Gasteiger charge is -2.20. The minimum atomic E-state index is -0.139. The van der Waals surface area contributed by atoms with Crippen LogP contribution >= 0.6 is 0 Å². The Balaban J connectivity index is 1.73. The molecular weight excluding hydrogens is 324 g/mol. The summed E-state index contributed by atoms with van der Waals surface area (Å²) in [6.07, 6.45) is 1.61. The monoisotopic (exact) mass is 346 g/mol. The molecule has 0 aliphatic heterocycles. The van der Waals surface area contributed by atoms with Gasteiger partial charge in [-0.15, -0.1) is 0 Å². The number of rotatable bonds is 6. The van der Waals surface area contributed by atoms with Crippen LogP contribution in [-0.4, -0.2) is 22.4 Å². The molecule has 0 atom stereocenters. The highest BCUT2D eigenvalue weighted by Gasteiger charge is 2.17. The molecule has 1 amide bonds. The van der Waals surface area contributed by atoms with Gasteiger partial charge in [-0.1, -0.05) is 48.0 Å². The van der Waals surface area contributed by atoms with E-state index in [1.54, 1.807) is 17.2 Å². The van der Waals surface area contributed by atoms with E-state index in [0.29, 0.717) is 24.7 Å². The van der Waals surface area contributed by atoms with Crippen LogP contribution in [-0.2, 0) is 6.54 Å². The molecule has 2 aromatic carbocycles. The fraction of sp³-hybridized carbons (Fsp3) is 0.190. The predicted molar refractivity (Wildman–Crippen MR) is 104 cm³/mol. The molecule has 3 aromatic rings. The molecule has 5 nitrogen and oxygen atoms in total. The van der Waals surface area contributed by atoms with Crippen LogP contribution < -0.4 is 10.2 Å². The van der Waals surface area contributed by atoms with Gasteiger partial charge in [-0.25, -0.2) is 9.97 Å². The maximum Gasteiger partial charge on any atom is 0.277 e. The van der Waals surface area contributed by atoms with Crippen molar-refractivity contribution in [1.82, 2.24) is 9.97 Å². The lowest BCUT2D eigenvalue weighted by molar-refractivity contribution is 0.0983. The molecule has 0 saturated carbocycles. The van der Waals surface area contributed by atoms with Crippen molar-refractivity contribution >= 4 is 17.5 Å². The first-order valence-electron chi connectivity index (χ1n) is 8.66. The van der Waals surface area contributed by atoms with Crippen LogP contribution in [0.15, 0.2) is 66.9 Å². The molecule has 1 aromatic heterocycles. The second kappa shape index (κ2) is 8.25. The number of aromatic nitrogens is 2. The Kier molecular flexibility index (Phi) is 5.59. The van der Waals surface area contributed by atoms with Crippen LogP contribution in [0.1, 0.15) is 28.5 Å². The van der Waals surface area contributed by atoms with Gasteiger partial charge in [-0.3, -0.25) is 4.79 Å². The molecule has 0 spiro atoms. The Bertz CT molecular complexity index is 863. The maximum absolute atomic E-state index is 12.8. The highest BCUT2D eigenvalue weighted by Crippen LogP contribution is 2.16. The van der Waals surface area contributed by atoms with Gasteiger partial charge < -0.3 is 10.2 Å². The highest BCUT2D eigenvalue weighted by atomic mass is 16.2. The standard InChI is InChI=1S/C21H22N4O/c1-3-25(18-7-5-4-6-8-18)20(26)19-13-14-22-21(24-19)23-15-17-11-9-16(2)10-12-17/h4-14H,3,15H2,1-2H3,(H,22,23,24). The number of hydrogen-bond acceptors (Lipinski definition) is 4. The summed E-state index contributed by atoms with van der Waals surface area (Å²) < 4.78 is 0. The first-order valence-corrected chi connectivity index (χ1v) is 8.66. The molecular formula is C21H22N4O. The predicted octanol–water partition coefficient (Wildman–Crippen LogP) is 4.06. The number of anilines is 2. The molecule has 132 valence electrons.